The molecule has 2 rings (SSSR count). The van der Waals surface area contributed by atoms with E-state index in [9.17, 15) is 0 Å². The van der Waals surface area contributed by atoms with E-state index in [0.717, 1.165) is 6.61 Å². The number of likely N-dealkylation sites (tertiary alicyclic amines) is 1. The van der Waals surface area contributed by atoms with Gasteiger partial charge in [0, 0.05) is 11.6 Å². The van der Waals surface area contributed by atoms with Crippen LogP contribution in [0, 0.1) is 0 Å². The lowest BCUT2D eigenvalue weighted by Gasteiger charge is -2.36. The summed E-state index contributed by atoms with van der Waals surface area (Å²) in [7, 11) is 2.21. The van der Waals surface area contributed by atoms with E-state index in [4.69, 9.17) is 4.74 Å². The third-order valence-corrected chi connectivity index (χ3v) is 3.33. The van der Waals surface area contributed by atoms with Gasteiger partial charge < -0.3 is 4.74 Å². The van der Waals surface area contributed by atoms with Crippen molar-refractivity contribution in [2.75, 3.05) is 20.2 Å². The normalized spacial score (nSPS) is 36.2. The van der Waals surface area contributed by atoms with Gasteiger partial charge in [-0.2, -0.15) is 0 Å². The second kappa shape index (κ2) is 5.00. The molecule has 3 nitrogen and oxygen atoms in total. The average molecular weight is 235 g/mol. The van der Waals surface area contributed by atoms with Crippen LogP contribution in [0.2, 0.25) is 0 Å². The standard InChI is InChI=1S/C11H22N2O.ClH/c1-11(2)8-14-10(12-11)9-6-4-5-7-13(9)3;/h9-10,12H,4-8H2,1-3H3;1H. The maximum absolute atomic E-state index is 5.83. The van der Waals surface area contributed by atoms with E-state index in [1.807, 2.05) is 0 Å². The molecule has 2 fully saturated rings. The molecule has 0 saturated carbocycles. The number of hydrogen-bond donors (Lipinski definition) is 1. The Kier molecular flexibility index (Phi) is 4.41. The maximum Gasteiger partial charge on any atom is 0.124 e. The van der Waals surface area contributed by atoms with Crippen molar-refractivity contribution in [3.63, 3.8) is 0 Å². The molecular formula is C11H23ClN2O. The number of hydrogen-bond acceptors (Lipinski definition) is 3. The van der Waals surface area contributed by atoms with Crippen molar-refractivity contribution in [1.82, 2.24) is 10.2 Å². The number of nitrogens with one attached hydrogen (secondary N) is 1. The number of rotatable bonds is 1. The molecule has 0 aromatic carbocycles. The fraction of sp³-hybridized carbons (Fsp3) is 1.00. The highest BCUT2D eigenvalue weighted by Crippen LogP contribution is 2.24. The number of likely N-dealkylation sites (N-methyl/N-ethyl adjacent to an activating group) is 1. The van der Waals surface area contributed by atoms with Gasteiger partial charge in [-0.05, 0) is 40.3 Å². The van der Waals surface area contributed by atoms with E-state index in [0.29, 0.717) is 6.04 Å². The van der Waals surface area contributed by atoms with Crippen LogP contribution in [-0.4, -0.2) is 42.9 Å². The summed E-state index contributed by atoms with van der Waals surface area (Å²) in [5.74, 6) is 0. The van der Waals surface area contributed by atoms with Crippen molar-refractivity contribution in [1.29, 1.82) is 0 Å². The van der Waals surface area contributed by atoms with E-state index < -0.39 is 0 Å². The van der Waals surface area contributed by atoms with Crippen molar-refractivity contribution in [3.8, 4) is 0 Å². The highest BCUT2D eigenvalue weighted by molar-refractivity contribution is 5.85. The number of piperidine rings is 1. The minimum absolute atomic E-state index is 0. The Bertz CT molecular complexity index is 211. The predicted octanol–water partition coefficient (Wildman–Crippen LogP) is 1.62. The molecule has 0 radical (unpaired) electrons. The van der Waals surface area contributed by atoms with Crippen molar-refractivity contribution in [2.45, 2.75) is 50.9 Å². The van der Waals surface area contributed by atoms with E-state index in [2.05, 4.69) is 31.1 Å². The van der Waals surface area contributed by atoms with Crippen molar-refractivity contribution in [2.24, 2.45) is 0 Å². The lowest BCUT2D eigenvalue weighted by atomic mass is 10.0. The van der Waals surface area contributed by atoms with Gasteiger partial charge in [0.05, 0.1) is 6.61 Å². The molecule has 4 heteroatoms. The van der Waals surface area contributed by atoms with E-state index >= 15 is 0 Å². The summed E-state index contributed by atoms with van der Waals surface area (Å²) in [5.41, 5.74) is 0.156. The largest absolute Gasteiger partial charge is 0.360 e. The topological polar surface area (TPSA) is 24.5 Å². The zero-order valence-corrected chi connectivity index (χ0v) is 10.8. The lowest BCUT2D eigenvalue weighted by molar-refractivity contribution is 0.00796. The summed E-state index contributed by atoms with van der Waals surface area (Å²) in [6.07, 6.45) is 4.19. The van der Waals surface area contributed by atoms with Crippen LogP contribution in [0.25, 0.3) is 0 Å². The smallest absolute Gasteiger partial charge is 0.124 e. The van der Waals surface area contributed by atoms with Gasteiger partial charge >= 0.3 is 0 Å². The third kappa shape index (κ3) is 3.06. The Labute approximate surface area is 99.0 Å². The summed E-state index contributed by atoms with van der Waals surface area (Å²) < 4.78 is 5.83. The summed E-state index contributed by atoms with van der Waals surface area (Å²) in [4.78, 5) is 2.43. The summed E-state index contributed by atoms with van der Waals surface area (Å²) in [5, 5.41) is 3.57. The van der Waals surface area contributed by atoms with Gasteiger partial charge in [0.25, 0.3) is 0 Å². The van der Waals surface area contributed by atoms with Crippen molar-refractivity contribution in [3.05, 3.63) is 0 Å². The Hall–Kier alpha value is 0.170. The molecule has 90 valence electrons. The molecule has 0 bridgehead atoms. The van der Waals surface area contributed by atoms with E-state index in [1.165, 1.54) is 25.8 Å². The quantitative estimate of drug-likeness (QED) is 0.746. The van der Waals surface area contributed by atoms with Crippen LogP contribution in [0.15, 0.2) is 0 Å². The molecular weight excluding hydrogens is 212 g/mol. The monoisotopic (exact) mass is 234 g/mol. The Balaban J connectivity index is 0.00000112. The number of ether oxygens (including phenoxy) is 1. The first kappa shape index (κ1) is 13.2. The van der Waals surface area contributed by atoms with Crippen LogP contribution >= 0.6 is 12.4 Å². The van der Waals surface area contributed by atoms with Gasteiger partial charge in [-0.15, -0.1) is 12.4 Å². The van der Waals surface area contributed by atoms with Crippen LogP contribution in [0.4, 0.5) is 0 Å². The van der Waals surface area contributed by atoms with Crippen molar-refractivity contribution >= 4 is 12.4 Å². The summed E-state index contributed by atoms with van der Waals surface area (Å²) in [6, 6.07) is 0.575. The number of nitrogens with zero attached hydrogens (tertiary/aromatic N) is 1. The zero-order valence-electron chi connectivity index (χ0n) is 9.95. The van der Waals surface area contributed by atoms with Crippen molar-refractivity contribution < 1.29 is 4.74 Å². The van der Waals surface area contributed by atoms with Crippen LogP contribution in [-0.2, 0) is 4.74 Å². The first-order chi connectivity index (χ1) is 6.58. The second-order valence-electron chi connectivity index (χ2n) is 5.30. The lowest BCUT2D eigenvalue weighted by Crippen LogP contribution is -2.51. The molecule has 0 aliphatic carbocycles. The molecule has 2 saturated heterocycles. The Morgan fingerprint density at radius 1 is 1.33 bits per heavy atom. The molecule has 2 aliphatic heterocycles. The zero-order chi connectivity index (χ0) is 10.2. The minimum atomic E-state index is 0. The van der Waals surface area contributed by atoms with Gasteiger partial charge in [0.1, 0.15) is 6.23 Å². The minimum Gasteiger partial charge on any atom is -0.360 e. The highest BCUT2D eigenvalue weighted by Gasteiger charge is 2.37. The van der Waals surface area contributed by atoms with Crippen LogP contribution < -0.4 is 5.32 Å². The predicted molar refractivity (Wildman–Crippen MR) is 64.5 cm³/mol. The molecule has 2 unspecified atom stereocenters. The first-order valence-corrected chi connectivity index (χ1v) is 5.68. The molecule has 2 aliphatic rings. The molecule has 1 N–H and O–H groups in total. The Morgan fingerprint density at radius 3 is 2.60 bits per heavy atom. The molecule has 0 amide bonds. The Morgan fingerprint density at radius 2 is 2.07 bits per heavy atom. The summed E-state index contributed by atoms with van der Waals surface area (Å²) >= 11 is 0. The molecule has 2 heterocycles. The van der Waals surface area contributed by atoms with Gasteiger partial charge in [-0.25, -0.2) is 0 Å². The molecule has 0 aromatic heterocycles. The number of halogens is 1. The van der Waals surface area contributed by atoms with Gasteiger partial charge in [0.2, 0.25) is 0 Å². The molecule has 15 heavy (non-hydrogen) atoms. The third-order valence-electron chi connectivity index (χ3n) is 3.33. The van der Waals surface area contributed by atoms with E-state index in [1.54, 1.807) is 0 Å². The summed E-state index contributed by atoms with van der Waals surface area (Å²) in [6.45, 7) is 6.46. The van der Waals surface area contributed by atoms with Crippen LogP contribution in [0.1, 0.15) is 33.1 Å². The molecule has 2 atom stereocenters. The second-order valence-corrected chi connectivity index (χ2v) is 5.30. The van der Waals surface area contributed by atoms with Gasteiger partial charge in [0.15, 0.2) is 0 Å². The van der Waals surface area contributed by atoms with Crippen LogP contribution in [0.3, 0.4) is 0 Å². The van der Waals surface area contributed by atoms with Crippen LogP contribution in [0.5, 0.6) is 0 Å². The molecule has 0 spiro atoms. The van der Waals surface area contributed by atoms with Gasteiger partial charge in [-0.3, -0.25) is 10.2 Å². The average Bonchev–Trinajstić information content (AvgIpc) is 2.47. The fourth-order valence-corrected chi connectivity index (χ4v) is 2.46. The highest BCUT2D eigenvalue weighted by atomic mass is 35.5. The van der Waals surface area contributed by atoms with E-state index in [-0.39, 0.29) is 24.2 Å². The molecule has 0 aromatic rings. The van der Waals surface area contributed by atoms with Gasteiger partial charge in [-0.1, -0.05) is 6.42 Å². The maximum atomic E-state index is 5.83. The first-order valence-electron chi connectivity index (χ1n) is 5.68. The SMILES string of the molecule is CN1CCCCC1C1NC(C)(C)CO1.Cl. The fourth-order valence-electron chi connectivity index (χ4n) is 2.46.